The van der Waals surface area contributed by atoms with Crippen LogP contribution < -0.4 is 5.32 Å². The zero-order valence-corrected chi connectivity index (χ0v) is 14.0. The molecular formula is C21H24FNO. The highest BCUT2D eigenvalue weighted by Gasteiger charge is 2.29. The lowest BCUT2D eigenvalue weighted by atomic mass is 9.74. The van der Waals surface area contributed by atoms with E-state index in [1.807, 2.05) is 6.92 Å². The van der Waals surface area contributed by atoms with Crippen LogP contribution >= 0.6 is 0 Å². The molecular weight excluding hydrogens is 301 g/mol. The molecule has 1 aliphatic carbocycles. The minimum atomic E-state index is -0.291. The summed E-state index contributed by atoms with van der Waals surface area (Å²) in [6, 6.07) is 16.6. The predicted octanol–water partition coefficient (Wildman–Crippen LogP) is 5.37. The molecule has 126 valence electrons. The van der Waals surface area contributed by atoms with Gasteiger partial charge >= 0.3 is 0 Å². The fourth-order valence-electron chi connectivity index (χ4n) is 3.68. The van der Waals surface area contributed by atoms with Crippen LogP contribution in [-0.2, 0) is 4.79 Å². The van der Waals surface area contributed by atoms with Gasteiger partial charge in [0.05, 0.1) is 0 Å². The Bertz CT molecular complexity index is 660. The second-order valence-corrected chi connectivity index (χ2v) is 6.81. The first-order valence-corrected chi connectivity index (χ1v) is 8.75. The largest absolute Gasteiger partial charge is 0.326 e. The summed E-state index contributed by atoms with van der Waals surface area (Å²) in [6.07, 6.45) is 4.45. The van der Waals surface area contributed by atoms with Gasteiger partial charge in [-0.25, -0.2) is 4.39 Å². The van der Waals surface area contributed by atoms with E-state index >= 15 is 0 Å². The average Bonchev–Trinajstić information content (AvgIpc) is 2.64. The second kappa shape index (κ2) is 7.61. The molecule has 1 atom stereocenters. The Morgan fingerprint density at radius 3 is 2.25 bits per heavy atom. The third kappa shape index (κ3) is 4.02. The molecule has 1 amide bonds. The molecule has 1 saturated carbocycles. The van der Waals surface area contributed by atoms with Crippen molar-refractivity contribution in [3.63, 3.8) is 0 Å². The summed E-state index contributed by atoms with van der Waals surface area (Å²) in [5, 5.41) is 2.90. The van der Waals surface area contributed by atoms with Gasteiger partial charge in [-0.3, -0.25) is 4.79 Å². The van der Waals surface area contributed by atoms with Crippen LogP contribution in [-0.4, -0.2) is 5.91 Å². The number of hydrogen-bond donors (Lipinski definition) is 1. The van der Waals surface area contributed by atoms with Crippen molar-refractivity contribution in [2.24, 2.45) is 11.8 Å². The van der Waals surface area contributed by atoms with Crippen LogP contribution in [0.1, 0.15) is 44.1 Å². The molecule has 2 aromatic rings. The number of anilines is 1. The molecule has 0 heterocycles. The highest BCUT2D eigenvalue weighted by molar-refractivity contribution is 5.92. The van der Waals surface area contributed by atoms with E-state index < -0.39 is 0 Å². The van der Waals surface area contributed by atoms with Gasteiger partial charge in [-0.2, -0.15) is 0 Å². The fraction of sp³-hybridized carbons (Fsp3) is 0.381. The Morgan fingerprint density at radius 2 is 1.62 bits per heavy atom. The maximum Gasteiger partial charge on any atom is 0.227 e. The van der Waals surface area contributed by atoms with E-state index in [0.29, 0.717) is 17.5 Å². The van der Waals surface area contributed by atoms with E-state index in [-0.39, 0.29) is 17.6 Å². The van der Waals surface area contributed by atoms with Crippen LogP contribution in [0.2, 0.25) is 0 Å². The van der Waals surface area contributed by atoms with E-state index in [1.165, 1.54) is 17.7 Å². The lowest BCUT2D eigenvalue weighted by Gasteiger charge is -2.32. The van der Waals surface area contributed by atoms with Crippen LogP contribution in [0.25, 0.3) is 0 Å². The lowest BCUT2D eigenvalue weighted by molar-refractivity contribution is -0.121. The molecule has 0 spiro atoms. The normalized spacial score (nSPS) is 21.9. The SMILES string of the molecule is CC(C(=O)Nc1ccc(F)cc1)[C@H]1CC[C@@H](c2ccccc2)CC1. The van der Waals surface area contributed by atoms with E-state index in [2.05, 4.69) is 35.6 Å². The van der Waals surface area contributed by atoms with Crippen molar-refractivity contribution in [3.8, 4) is 0 Å². The van der Waals surface area contributed by atoms with E-state index in [4.69, 9.17) is 0 Å². The molecule has 0 radical (unpaired) electrons. The van der Waals surface area contributed by atoms with Crippen molar-refractivity contribution < 1.29 is 9.18 Å². The maximum absolute atomic E-state index is 12.9. The first-order chi connectivity index (χ1) is 11.6. The summed E-state index contributed by atoms with van der Waals surface area (Å²) in [5.41, 5.74) is 2.07. The summed E-state index contributed by atoms with van der Waals surface area (Å²) in [4.78, 5) is 12.4. The van der Waals surface area contributed by atoms with E-state index in [9.17, 15) is 9.18 Å². The van der Waals surface area contributed by atoms with Gasteiger partial charge in [-0.1, -0.05) is 37.3 Å². The Balaban J connectivity index is 1.53. The fourth-order valence-corrected chi connectivity index (χ4v) is 3.68. The maximum atomic E-state index is 12.9. The van der Waals surface area contributed by atoms with Crippen molar-refractivity contribution in [1.82, 2.24) is 0 Å². The Kier molecular flexibility index (Phi) is 5.29. The van der Waals surface area contributed by atoms with Crippen molar-refractivity contribution >= 4 is 11.6 Å². The number of halogens is 1. The van der Waals surface area contributed by atoms with Crippen LogP contribution in [0.3, 0.4) is 0 Å². The Morgan fingerprint density at radius 1 is 1.00 bits per heavy atom. The van der Waals surface area contributed by atoms with Gasteiger partial charge in [-0.05, 0) is 67.3 Å². The van der Waals surface area contributed by atoms with Crippen molar-refractivity contribution in [2.45, 2.75) is 38.5 Å². The van der Waals surface area contributed by atoms with E-state index in [0.717, 1.165) is 25.7 Å². The van der Waals surface area contributed by atoms with Gasteiger partial charge in [0.15, 0.2) is 0 Å². The predicted molar refractivity (Wildman–Crippen MR) is 95.3 cm³/mol. The number of benzene rings is 2. The van der Waals surface area contributed by atoms with Gasteiger partial charge in [0.1, 0.15) is 5.82 Å². The molecule has 24 heavy (non-hydrogen) atoms. The molecule has 0 bridgehead atoms. The summed E-state index contributed by atoms with van der Waals surface area (Å²) in [7, 11) is 0. The molecule has 1 N–H and O–H groups in total. The molecule has 1 aliphatic rings. The van der Waals surface area contributed by atoms with Crippen molar-refractivity contribution in [1.29, 1.82) is 0 Å². The quantitative estimate of drug-likeness (QED) is 0.804. The molecule has 1 unspecified atom stereocenters. The summed E-state index contributed by atoms with van der Waals surface area (Å²) in [6.45, 7) is 2.01. The van der Waals surface area contributed by atoms with Gasteiger partial charge in [0.25, 0.3) is 0 Å². The molecule has 0 aliphatic heterocycles. The number of carbonyl (C=O) groups excluding carboxylic acids is 1. The topological polar surface area (TPSA) is 29.1 Å². The minimum Gasteiger partial charge on any atom is -0.326 e. The number of rotatable bonds is 4. The van der Waals surface area contributed by atoms with Crippen molar-refractivity contribution in [2.75, 3.05) is 5.32 Å². The first-order valence-electron chi connectivity index (χ1n) is 8.75. The molecule has 2 nitrogen and oxygen atoms in total. The van der Waals surface area contributed by atoms with Gasteiger partial charge in [0, 0.05) is 11.6 Å². The summed E-state index contributed by atoms with van der Waals surface area (Å²) >= 11 is 0. The van der Waals surface area contributed by atoms with Crippen LogP contribution in [0.15, 0.2) is 54.6 Å². The molecule has 0 aromatic heterocycles. The average molecular weight is 325 g/mol. The first kappa shape index (κ1) is 16.7. The van der Waals surface area contributed by atoms with Gasteiger partial charge < -0.3 is 5.32 Å². The zero-order chi connectivity index (χ0) is 16.9. The molecule has 3 heteroatoms. The summed E-state index contributed by atoms with van der Waals surface area (Å²) < 4.78 is 12.9. The van der Waals surface area contributed by atoms with Crippen LogP contribution in [0.5, 0.6) is 0 Å². The summed E-state index contributed by atoms with van der Waals surface area (Å²) in [5.74, 6) is 0.761. The Hall–Kier alpha value is -2.16. The van der Waals surface area contributed by atoms with Crippen LogP contribution in [0.4, 0.5) is 10.1 Å². The minimum absolute atomic E-state index is 0.0215. The Labute approximate surface area is 143 Å². The highest BCUT2D eigenvalue weighted by Crippen LogP contribution is 2.38. The smallest absolute Gasteiger partial charge is 0.227 e. The van der Waals surface area contributed by atoms with Crippen LogP contribution in [0, 0.1) is 17.7 Å². The number of carbonyl (C=O) groups is 1. The van der Waals surface area contributed by atoms with E-state index in [1.54, 1.807) is 12.1 Å². The highest BCUT2D eigenvalue weighted by atomic mass is 19.1. The van der Waals surface area contributed by atoms with Gasteiger partial charge in [-0.15, -0.1) is 0 Å². The molecule has 1 fully saturated rings. The number of amides is 1. The zero-order valence-electron chi connectivity index (χ0n) is 14.0. The monoisotopic (exact) mass is 325 g/mol. The molecule has 2 aromatic carbocycles. The second-order valence-electron chi connectivity index (χ2n) is 6.81. The van der Waals surface area contributed by atoms with Gasteiger partial charge in [0.2, 0.25) is 5.91 Å². The number of nitrogens with one attached hydrogen (secondary N) is 1. The standard InChI is InChI=1S/C21H24FNO/c1-15(21(24)23-20-13-11-19(22)12-14-20)16-7-9-18(10-8-16)17-5-3-2-4-6-17/h2-6,11-16,18H,7-10H2,1H3,(H,23,24)/t15?,16-,18+. The molecule has 3 rings (SSSR count). The third-order valence-electron chi connectivity index (χ3n) is 5.28. The molecule has 0 saturated heterocycles. The lowest BCUT2D eigenvalue weighted by Crippen LogP contribution is -2.29. The third-order valence-corrected chi connectivity index (χ3v) is 5.28. The van der Waals surface area contributed by atoms with Crippen molar-refractivity contribution in [3.05, 3.63) is 66.0 Å². The number of hydrogen-bond acceptors (Lipinski definition) is 1.